The van der Waals surface area contributed by atoms with Crippen molar-refractivity contribution >= 4 is 49.8 Å². The summed E-state index contributed by atoms with van der Waals surface area (Å²) in [7, 11) is 0. The molecule has 0 fully saturated rings. The molecule has 1 amide bonds. The number of aliphatic hydroxyl groups is 1. The maximum atomic E-state index is 12.6. The van der Waals surface area contributed by atoms with Gasteiger partial charge < -0.3 is 15.2 Å². The summed E-state index contributed by atoms with van der Waals surface area (Å²) in [6, 6.07) is 4.98. The Kier molecular flexibility index (Phi) is 7.75. The van der Waals surface area contributed by atoms with Crippen molar-refractivity contribution in [3.8, 4) is 0 Å². The number of ether oxygens (including phenoxy) is 1. The van der Waals surface area contributed by atoms with Crippen LogP contribution in [0, 0.1) is 0 Å². The first-order valence-electron chi connectivity index (χ1n) is 8.20. The molecule has 0 aliphatic heterocycles. The summed E-state index contributed by atoms with van der Waals surface area (Å²) in [6.07, 6.45) is -1.53. The average molecular weight is 420 g/mol. The molecule has 0 spiro atoms. The largest absolute Gasteiger partial charge is 0.443 e. The number of amides is 1. The molecule has 1 atom stereocenters. The Balaban J connectivity index is 3.11. The van der Waals surface area contributed by atoms with Crippen LogP contribution >= 0.6 is 37.9 Å². The van der Waals surface area contributed by atoms with E-state index in [2.05, 4.69) is 48.2 Å². The zero-order chi connectivity index (χ0) is 20.3. The van der Waals surface area contributed by atoms with Crippen molar-refractivity contribution in [3.05, 3.63) is 23.9 Å². The zero-order valence-electron chi connectivity index (χ0n) is 16.0. The monoisotopic (exact) mass is 419 g/mol. The number of nitrogens with one attached hydrogen (secondary N) is 1. The molecule has 148 valence electrons. The van der Waals surface area contributed by atoms with E-state index in [0.717, 1.165) is 4.90 Å². The molecule has 9 heteroatoms. The lowest BCUT2D eigenvalue weighted by Gasteiger charge is -2.33. The van der Waals surface area contributed by atoms with Crippen LogP contribution in [0.2, 0.25) is 0 Å². The highest BCUT2D eigenvalue weighted by Crippen LogP contribution is 2.35. The predicted octanol–water partition coefficient (Wildman–Crippen LogP) is 3.65. The van der Waals surface area contributed by atoms with Gasteiger partial charge in [-0.2, -0.15) is 0 Å². The number of β-amino-alcohol motifs (C(OH)–C–C–N with tert-alkyl or cyclic N) is 1. The summed E-state index contributed by atoms with van der Waals surface area (Å²) < 4.78 is 3.96. The van der Waals surface area contributed by atoms with Crippen LogP contribution in [0.25, 0.3) is 0 Å². The third-order valence-corrected chi connectivity index (χ3v) is 3.63. The highest BCUT2D eigenvalue weighted by Gasteiger charge is 2.36. The lowest BCUT2D eigenvalue weighted by atomic mass is 10.1. The van der Waals surface area contributed by atoms with Gasteiger partial charge in [0.25, 0.3) is 0 Å². The third kappa shape index (κ3) is 7.96. The number of rotatable bonds is 5. The minimum Gasteiger partial charge on any atom is -0.443 e. The molecule has 0 aromatic carbocycles. The van der Waals surface area contributed by atoms with Crippen molar-refractivity contribution in [1.82, 2.24) is 10.3 Å². The van der Waals surface area contributed by atoms with Gasteiger partial charge in [0.15, 0.2) is 3.54 Å². The lowest BCUT2D eigenvalue weighted by Crippen LogP contribution is -2.45. The minimum atomic E-state index is -1.44. The molecule has 0 unspecified atom stereocenters. The molecule has 0 bridgehead atoms. The fraction of sp³-hybridized carbons (Fsp3) is 0.647. The first-order chi connectivity index (χ1) is 11.6. The minimum absolute atomic E-state index is 0.141. The van der Waals surface area contributed by atoms with E-state index in [1.54, 1.807) is 39.0 Å². The van der Waals surface area contributed by atoms with Gasteiger partial charge in [-0.05, 0) is 53.7 Å². The summed E-state index contributed by atoms with van der Waals surface area (Å²) in [5, 5.41) is 13.6. The van der Waals surface area contributed by atoms with E-state index in [-0.39, 0.29) is 11.4 Å². The summed E-state index contributed by atoms with van der Waals surface area (Å²) >= 11 is 12.8. The van der Waals surface area contributed by atoms with E-state index in [9.17, 15) is 9.90 Å². The molecule has 26 heavy (non-hydrogen) atoms. The molecule has 1 heterocycles. The van der Waals surface area contributed by atoms with E-state index in [1.165, 1.54) is 0 Å². The molecule has 1 aromatic heterocycles. The Hall–Kier alpha value is -0.610. The maximum absolute atomic E-state index is 12.6. The van der Waals surface area contributed by atoms with Gasteiger partial charge in [-0.25, -0.2) is 14.7 Å². The summed E-state index contributed by atoms with van der Waals surface area (Å²) in [5.74, 6) is 0.228. The fourth-order valence-electron chi connectivity index (χ4n) is 1.93. The number of thiol groups is 3. The summed E-state index contributed by atoms with van der Waals surface area (Å²) in [6.45, 7) is 11.6. The Morgan fingerprint density at radius 2 is 1.81 bits per heavy atom. The Labute approximate surface area is 172 Å². The van der Waals surface area contributed by atoms with Crippen LogP contribution in [0.15, 0.2) is 18.2 Å². The van der Waals surface area contributed by atoms with Crippen LogP contribution in [0.5, 0.6) is 0 Å². The fourth-order valence-corrected chi connectivity index (χ4v) is 2.49. The second-order valence-electron chi connectivity index (χ2n) is 7.98. The summed E-state index contributed by atoms with van der Waals surface area (Å²) in [4.78, 5) is 18.1. The van der Waals surface area contributed by atoms with Gasteiger partial charge in [-0.1, -0.05) is 6.07 Å². The third-order valence-electron chi connectivity index (χ3n) is 3.03. The maximum Gasteiger partial charge on any atom is 0.418 e. The molecule has 1 rings (SSSR count). The van der Waals surface area contributed by atoms with Crippen molar-refractivity contribution in [1.29, 1.82) is 0 Å². The van der Waals surface area contributed by atoms with E-state index in [0.29, 0.717) is 12.2 Å². The number of pyridine rings is 1. The first-order valence-corrected chi connectivity index (χ1v) is 9.55. The SMILES string of the molecule is CC(C)(C)NC[C@H](O)c1cccc(N(C(=O)OC(C)(C)C)C(S)(S)S)n1. The topological polar surface area (TPSA) is 74.7 Å². The van der Waals surface area contributed by atoms with E-state index < -0.39 is 21.3 Å². The molecule has 2 N–H and O–H groups in total. The lowest BCUT2D eigenvalue weighted by molar-refractivity contribution is 0.0580. The smallest absolute Gasteiger partial charge is 0.418 e. The molecule has 0 aliphatic carbocycles. The predicted molar refractivity (Wildman–Crippen MR) is 115 cm³/mol. The highest BCUT2D eigenvalue weighted by atomic mass is 32.2. The van der Waals surface area contributed by atoms with Crippen molar-refractivity contribution in [2.24, 2.45) is 0 Å². The van der Waals surface area contributed by atoms with Crippen molar-refractivity contribution in [3.63, 3.8) is 0 Å². The van der Waals surface area contributed by atoms with Crippen LogP contribution in [0.3, 0.4) is 0 Å². The molecule has 0 saturated heterocycles. The number of nitrogens with zero attached hydrogens (tertiary/aromatic N) is 2. The molecular formula is C17H29N3O3S3. The average Bonchev–Trinajstić information content (AvgIpc) is 2.40. The molecule has 0 saturated carbocycles. The number of hydrogen-bond acceptors (Lipinski definition) is 8. The quantitative estimate of drug-likeness (QED) is 0.372. The van der Waals surface area contributed by atoms with Gasteiger partial charge >= 0.3 is 6.09 Å². The second-order valence-corrected chi connectivity index (χ2v) is 11.0. The van der Waals surface area contributed by atoms with E-state index in [4.69, 9.17) is 4.74 Å². The van der Waals surface area contributed by atoms with Crippen LogP contribution < -0.4 is 10.2 Å². The van der Waals surface area contributed by atoms with Crippen LogP contribution in [-0.4, -0.2) is 37.4 Å². The van der Waals surface area contributed by atoms with E-state index >= 15 is 0 Å². The van der Waals surface area contributed by atoms with Crippen molar-refractivity contribution in [2.75, 3.05) is 11.4 Å². The Bertz CT molecular complexity index is 622. The highest BCUT2D eigenvalue weighted by molar-refractivity contribution is 8.17. The zero-order valence-corrected chi connectivity index (χ0v) is 18.7. The first kappa shape index (κ1) is 23.4. The number of anilines is 1. The Morgan fingerprint density at radius 3 is 2.27 bits per heavy atom. The molecular weight excluding hydrogens is 390 g/mol. The normalized spacial score (nSPS) is 14.1. The number of carbonyl (C=O) groups is 1. The van der Waals surface area contributed by atoms with Gasteiger partial charge in [0, 0.05) is 12.1 Å². The molecule has 0 radical (unpaired) electrons. The number of hydrogen-bond donors (Lipinski definition) is 5. The van der Waals surface area contributed by atoms with E-state index in [1.807, 2.05) is 20.8 Å². The van der Waals surface area contributed by atoms with Gasteiger partial charge in [-0.3, -0.25) is 0 Å². The molecule has 0 aliphatic rings. The second kappa shape index (κ2) is 8.60. The Morgan fingerprint density at radius 1 is 1.23 bits per heavy atom. The number of aliphatic hydroxyl groups excluding tert-OH is 1. The number of carbonyl (C=O) groups excluding carboxylic acids is 1. The van der Waals surface area contributed by atoms with Crippen LogP contribution in [0.1, 0.15) is 53.3 Å². The molecule has 6 nitrogen and oxygen atoms in total. The van der Waals surface area contributed by atoms with Gasteiger partial charge in [0.1, 0.15) is 17.5 Å². The van der Waals surface area contributed by atoms with Gasteiger partial charge in [-0.15, -0.1) is 37.9 Å². The van der Waals surface area contributed by atoms with Crippen molar-refractivity contribution in [2.45, 2.75) is 62.3 Å². The molecule has 1 aromatic rings. The summed E-state index contributed by atoms with van der Waals surface area (Å²) in [5.41, 5.74) is -0.437. The van der Waals surface area contributed by atoms with Crippen LogP contribution in [-0.2, 0) is 4.74 Å². The van der Waals surface area contributed by atoms with Gasteiger partial charge in [0.05, 0.1) is 5.69 Å². The number of aromatic nitrogens is 1. The standard InChI is InChI=1S/C17H29N3O3S3/c1-15(2,3)18-10-12(21)11-8-7-9-13(19-11)20(17(24,25)26)14(22)23-16(4,5)6/h7-9,12,18,21,24-26H,10H2,1-6H3/t12-/m0/s1. The van der Waals surface area contributed by atoms with Crippen LogP contribution in [0.4, 0.5) is 10.6 Å². The van der Waals surface area contributed by atoms with Crippen molar-refractivity contribution < 1.29 is 14.6 Å². The van der Waals surface area contributed by atoms with Gasteiger partial charge in [0.2, 0.25) is 0 Å².